The van der Waals surface area contributed by atoms with Crippen molar-refractivity contribution in [1.82, 2.24) is 4.57 Å². The van der Waals surface area contributed by atoms with Gasteiger partial charge < -0.3 is 8.98 Å². The summed E-state index contributed by atoms with van der Waals surface area (Å²) in [6.07, 6.45) is 0. The highest BCUT2D eigenvalue weighted by Gasteiger charge is 2.29. The lowest BCUT2D eigenvalue weighted by molar-refractivity contribution is 0.670. The van der Waals surface area contributed by atoms with Crippen molar-refractivity contribution >= 4 is 72.6 Å². The molecule has 0 N–H and O–H groups in total. The summed E-state index contributed by atoms with van der Waals surface area (Å²) in [5.74, 6) is 0. The first-order chi connectivity index (χ1) is 31.2. The van der Waals surface area contributed by atoms with Gasteiger partial charge in [0.1, 0.15) is 11.2 Å². The molecular weight excluding hydrogens is 779 g/mol. The van der Waals surface area contributed by atoms with Crippen LogP contribution < -0.4 is 20.7 Å². The van der Waals surface area contributed by atoms with E-state index in [1.165, 1.54) is 64.8 Å². The van der Waals surface area contributed by atoms with Crippen molar-refractivity contribution in [1.29, 1.82) is 0 Å². The van der Waals surface area contributed by atoms with Crippen LogP contribution in [-0.2, 0) is 0 Å². The molecule has 0 aliphatic carbocycles. The van der Waals surface area contributed by atoms with E-state index in [0.717, 1.165) is 38.8 Å². The first-order valence-corrected chi connectivity index (χ1v) is 23.7. The van der Waals surface area contributed by atoms with Crippen LogP contribution >= 0.6 is 0 Å². The summed E-state index contributed by atoms with van der Waals surface area (Å²) in [5.41, 5.74) is 12.4. The van der Waals surface area contributed by atoms with Crippen molar-refractivity contribution in [3.8, 4) is 39.1 Å². The molecule has 297 valence electrons. The number of nitrogens with zero attached hydrogens (tertiary/aromatic N) is 1. The highest BCUT2D eigenvalue weighted by Crippen LogP contribution is 2.38. The van der Waals surface area contributed by atoms with Gasteiger partial charge in [0.15, 0.2) is 0 Å². The fraction of sp³-hybridized carbons (Fsp3) is 0. The molecule has 0 amide bonds. The molecule has 0 saturated carbocycles. The van der Waals surface area contributed by atoms with Gasteiger partial charge in [-0.15, -0.1) is 0 Å². The van der Waals surface area contributed by atoms with Crippen LogP contribution in [-0.4, -0.2) is 12.6 Å². The minimum Gasteiger partial charge on any atom is -0.455 e. The van der Waals surface area contributed by atoms with E-state index in [4.69, 9.17) is 4.42 Å². The number of furan rings is 1. The second-order valence-electron chi connectivity index (χ2n) is 16.4. The fourth-order valence-electron chi connectivity index (χ4n) is 10.1. The number of benzene rings is 10. The van der Waals surface area contributed by atoms with Crippen LogP contribution in [0.5, 0.6) is 0 Å². The molecule has 0 aliphatic rings. The summed E-state index contributed by atoms with van der Waals surface area (Å²) in [6.45, 7) is 0. The summed E-state index contributed by atoms with van der Waals surface area (Å²) in [6, 6.07) is 91.3. The molecule has 10 aromatic carbocycles. The van der Waals surface area contributed by atoms with E-state index in [2.05, 4.69) is 247 Å². The number of hydrogen-bond acceptors (Lipinski definition) is 1. The average Bonchev–Trinajstić information content (AvgIpc) is 3.91. The van der Waals surface area contributed by atoms with Gasteiger partial charge in [-0.1, -0.05) is 212 Å². The zero-order chi connectivity index (χ0) is 41.7. The van der Waals surface area contributed by atoms with Gasteiger partial charge in [-0.25, -0.2) is 0 Å². The summed E-state index contributed by atoms with van der Waals surface area (Å²) < 4.78 is 8.94. The quantitative estimate of drug-likeness (QED) is 0.110. The van der Waals surface area contributed by atoms with Crippen LogP contribution in [0, 0.1) is 0 Å². The molecule has 0 unspecified atom stereocenters. The van der Waals surface area contributed by atoms with Gasteiger partial charge >= 0.3 is 0 Å². The van der Waals surface area contributed by atoms with E-state index in [1.54, 1.807) is 0 Å². The van der Waals surface area contributed by atoms with Crippen LogP contribution in [0.25, 0.3) is 82.8 Å². The largest absolute Gasteiger partial charge is 0.455 e. The molecule has 63 heavy (non-hydrogen) atoms. The molecule has 12 aromatic rings. The molecule has 2 heterocycles. The summed E-state index contributed by atoms with van der Waals surface area (Å²) in [4.78, 5) is 0. The third kappa shape index (κ3) is 6.08. The fourth-order valence-corrected chi connectivity index (χ4v) is 14.8. The lowest BCUT2D eigenvalue weighted by atomic mass is 9.99. The monoisotopic (exact) mass is 819 g/mol. The van der Waals surface area contributed by atoms with Gasteiger partial charge in [0, 0.05) is 32.8 Å². The van der Waals surface area contributed by atoms with Gasteiger partial charge in [-0.05, 0) is 72.3 Å². The number of hydrogen-bond donors (Lipinski definition) is 0. The maximum absolute atomic E-state index is 6.51. The number of para-hydroxylation sites is 3. The molecule has 0 spiro atoms. The maximum Gasteiger partial charge on any atom is 0.143 e. The highest BCUT2D eigenvalue weighted by molar-refractivity contribution is 7.20. The van der Waals surface area contributed by atoms with Crippen LogP contribution in [0.3, 0.4) is 0 Å². The molecule has 0 radical (unpaired) electrons. The van der Waals surface area contributed by atoms with Crippen LogP contribution in [0.1, 0.15) is 0 Å². The predicted octanol–water partition coefficient (Wildman–Crippen LogP) is 13.1. The molecule has 0 aliphatic heterocycles. The molecular formula is C60H41NOSi-. The lowest BCUT2D eigenvalue weighted by Gasteiger charge is -2.47. The van der Waals surface area contributed by atoms with Crippen molar-refractivity contribution in [2.45, 2.75) is 0 Å². The van der Waals surface area contributed by atoms with E-state index in [1.807, 2.05) is 6.07 Å². The Morgan fingerprint density at radius 2 is 0.825 bits per heavy atom. The van der Waals surface area contributed by atoms with Gasteiger partial charge in [-0.3, -0.25) is 0 Å². The predicted molar refractivity (Wildman–Crippen MR) is 268 cm³/mol. The minimum atomic E-state index is -2.88. The zero-order valence-electron chi connectivity index (χ0n) is 34.5. The Morgan fingerprint density at radius 3 is 1.57 bits per heavy atom. The molecule has 0 fully saturated rings. The standard InChI is InChI=1S/C60H41NOSi/c1-4-17-42(18-5-1)44-19-14-20-45(39-44)43-33-35-50(36-34-43)63(48-23-6-2-7-24-48,49-25-8-3-9-26-49)51-37-38-58-56(41-51)53-27-10-12-31-57(53)61(58)47-22-15-21-46(40-47)52-29-16-30-55-54-28-11-13-32-59(54)62-60(52)55/h1-41H/q-1. The van der Waals surface area contributed by atoms with E-state index in [-0.39, 0.29) is 0 Å². The second-order valence-corrected chi connectivity index (χ2v) is 20.2. The molecule has 0 atom stereocenters. The Hall–Kier alpha value is -7.98. The number of fused-ring (bicyclic) bond motifs is 6. The van der Waals surface area contributed by atoms with Crippen LogP contribution in [0.2, 0.25) is 0 Å². The third-order valence-electron chi connectivity index (χ3n) is 13.0. The summed E-state index contributed by atoms with van der Waals surface area (Å²) in [7, 11) is -2.88. The molecule has 2 aromatic heterocycles. The SMILES string of the molecule is c1ccc(-c2cccc(-c3ccc([Si-](c4ccccc4)(c4ccccc4)c4ccc5c(c4)c4ccccc4n5-c4cccc(-c5cccc6c5oc5ccccc56)c4)cc3)c2)cc1. The zero-order valence-corrected chi connectivity index (χ0v) is 35.5. The Kier molecular flexibility index (Phi) is 8.87. The van der Waals surface area contributed by atoms with Gasteiger partial charge in [0.2, 0.25) is 0 Å². The number of rotatable bonds is 8. The van der Waals surface area contributed by atoms with E-state index in [9.17, 15) is 0 Å². The first kappa shape index (κ1) is 36.8. The Labute approximate surface area is 367 Å². The Bertz CT molecular complexity index is 3570. The topological polar surface area (TPSA) is 18.1 Å². The van der Waals surface area contributed by atoms with Crippen LogP contribution in [0.15, 0.2) is 253 Å². The molecule has 12 rings (SSSR count). The lowest BCUT2D eigenvalue weighted by Crippen LogP contribution is -2.74. The van der Waals surface area contributed by atoms with Gasteiger partial charge in [0.05, 0.1) is 11.0 Å². The Morgan fingerprint density at radius 1 is 0.302 bits per heavy atom. The maximum atomic E-state index is 6.51. The molecule has 0 bridgehead atoms. The smallest absolute Gasteiger partial charge is 0.143 e. The molecule has 0 saturated heterocycles. The van der Waals surface area contributed by atoms with Crippen molar-refractivity contribution in [3.63, 3.8) is 0 Å². The van der Waals surface area contributed by atoms with Crippen LogP contribution in [0.4, 0.5) is 0 Å². The Balaban J connectivity index is 1.04. The van der Waals surface area contributed by atoms with Crippen molar-refractivity contribution in [2.24, 2.45) is 0 Å². The van der Waals surface area contributed by atoms with E-state index in [0.29, 0.717) is 0 Å². The van der Waals surface area contributed by atoms with Crippen molar-refractivity contribution in [3.05, 3.63) is 249 Å². The highest BCUT2D eigenvalue weighted by atomic mass is 28.3. The van der Waals surface area contributed by atoms with Gasteiger partial charge in [0.25, 0.3) is 0 Å². The molecule has 2 nitrogen and oxygen atoms in total. The van der Waals surface area contributed by atoms with E-state index >= 15 is 0 Å². The van der Waals surface area contributed by atoms with Crippen molar-refractivity contribution < 1.29 is 4.42 Å². The average molecular weight is 820 g/mol. The summed E-state index contributed by atoms with van der Waals surface area (Å²) >= 11 is 0. The van der Waals surface area contributed by atoms with Gasteiger partial charge in [-0.2, -0.15) is 20.7 Å². The molecule has 3 heteroatoms. The normalized spacial score (nSPS) is 11.8. The van der Waals surface area contributed by atoms with E-state index < -0.39 is 8.07 Å². The first-order valence-electron chi connectivity index (χ1n) is 21.7. The van der Waals surface area contributed by atoms with Crippen molar-refractivity contribution in [2.75, 3.05) is 0 Å². The second kappa shape index (κ2) is 15.2. The third-order valence-corrected chi connectivity index (χ3v) is 17.7. The number of aromatic nitrogens is 1. The minimum absolute atomic E-state index is 0.907. The summed E-state index contributed by atoms with van der Waals surface area (Å²) in [5, 5.41) is 10.1.